The number of carbonyl (C=O) groups excluding carboxylic acids is 3. The van der Waals surface area contributed by atoms with Crippen molar-refractivity contribution in [2.45, 2.75) is 19.0 Å². The SMILES string of the molecule is CN1C(=O)N(C)C(=O)C2(Cc3ccccc3N3CCN(Cc4ccc5c(c4)OCO5)C[C@@H]32)C1=O. The van der Waals surface area contributed by atoms with E-state index in [-0.39, 0.29) is 19.3 Å². The molecule has 0 unspecified atom stereocenters. The van der Waals surface area contributed by atoms with Crippen molar-refractivity contribution in [2.75, 3.05) is 45.4 Å². The minimum Gasteiger partial charge on any atom is -0.454 e. The second kappa shape index (κ2) is 7.46. The van der Waals surface area contributed by atoms with Crippen molar-refractivity contribution in [1.82, 2.24) is 14.7 Å². The standard InChI is InChI=1S/C25H26N4O5/c1-26-22(30)25(23(31)27(2)24(26)32)12-17-5-3-4-6-18(17)29-10-9-28(14-21(25)29)13-16-7-8-19-20(11-16)34-15-33-19/h3-8,11,21H,9-10,12-15H2,1-2H3/t21-/m1/s1. The van der Waals surface area contributed by atoms with Gasteiger partial charge in [-0.25, -0.2) is 4.79 Å². The van der Waals surface area contributed by atoms with Crippen molar-refractivity contribution in [3.63, 3.8) is 0 Å². The van der Waals surface area contributed by atoms with Crippen molar-refractivity contribution in [3.05, 3.63) is 53.6 Å². The number of amides is 4. The summed E-state index contributed by atoms with van der Waals surface area (Å²) in [5.74, 6) is 0.634. The van der Waals surface area contributed by atoms with Crippen molar-refractivity contribution in [2.24, 2.45) is 5.41 Å². The molecular formula is C25H26N4O5. The summed E-state index contributed by atoms with van der Waals surface area (Å²) in [6, 6.07) is 12.9. The number of carbonyl (C=O) groups is 3. The molecule has 1 atom stereocenters. The molecule has 4 amide bonds. The number of para-hydroxylation sites is 1. The van der Waals surface area contributed by atoms with Gasteiger partial charge in [-0.2, -0.15) is 0 Å². The Balaban J connectivity index is 1.38. The van der Waals surface area contributed by atoms with E-state index in [2.05, 4.69) is 15.9 Å². The minimum absolute atomic E-state index is 0.228. The normalized spacial score (nSPS) is 23.4. The van der Waals surface area contributed by atoms with Gasteiger partial charge in [-0.05, 0) is 35.7 Å². The number of imide groups is 2. The summed E-state index contributed by atoms with van der Waals surface area (Å²) >= 11 is 0. The molecule has 9 nitrogen and oxygen atoms in total. The monoisotopic (exact) mass is 462 g/mol. The van der Waals surface area contributed by atoms with Gasteiger partial charge in [0.05, 0.1) is 6.04 Å². The van der Waals surface area contributed by atoms with Gasteiger partial charge in [0.15, 0.2) is 16.9 Å². The highest BCUT2D eigenvalue weighted by Crippen LogP contribution is 2.47. The summed E-state index contributed by atoms with van der Waals surface area (Å²) in [7, 11) is 2.93. The Labute approximate surface area is 197 Å². The quantitative estimate of drug-likeness (QED) is 0.629. The van der Waals surface area contributed by atoms with Gasteiger partial charge < -0.3 is 14.4 Å². The topological polar surface area (TPSA) is 82.6 Å². The van der Waals surface area contributed by atoms with Gasteiger partial charge in [0.25, 0.3) is 0 Å². The summed E-state index contributed by atoms with van der Waals surface area (Å²) in [5, 5.41) is 0. The van der Waals surface area contributed by atoms with Gasteiger partial charge in [0.2, 0.25) is 18.6 Å². The Morgan fingerprint density at radius 3 is 2.47 bits per heavy atom. The molecular weight excluding hydrogens is 436 g/mol. The van der Waals surface area contributed by atoms with Gasteiger partial charge >= 0.3 is 6.03 Å². The molecule has 9 heteroatoms. The van der Waals surface area contributed by atoms with Crippen LogP contribution in [0.25, 0.3) is 0 Å². The lowest BCUT2D eigenvalue weighted by molar-refractivity contribution is -0.160. The Morgan fingerprint density at radius 2 is 1.68 bits per heavy atom. The minimum atomic E-state index is -1.35. The fourth-order valence-electron chi connectivity index (χ4n) is 5.87. The molecule has 176 valence electrons. The van der Waals surface area contributed by atoms with Crippen LogP contribution < -0.4 is 14.4 Å². The average Bonchev–Trinajstić information content (AvgIpc) is 3.33. The van der Waals surface area contributed by atoms with Crippen LogP contribution in [0.4, 0.5) is 10.5 Å². The first-order valence-corrected chi connectivity index (χ1v) is 11.5. The van der Waals surface area contributed by atoms with Crippen molar-refractivity contribution >= 4 is 23.5 Å². The summed E-state index contributed by atoms with van der Waals surface area (Å²) in [4.78, 5) is 46.6. The maximum Gasteiger partial charge on any atom is 0.332 e. The van der Waals surface area contributed by atoms with E-state index in [0.29, 0.717) is 19.6 Å². The van der Waals surface area contributed by atoms with Crippen molar-refractivity contribution in [3.8, 4) is 11.5 Å². The molecule has 4 aliphatic rings. The fourth-order valence-corrected chi connectivity index (χ4v) is 5.87. The Bertz CT molecular complexity index is 1190. The van der Waals surface area contributed by atoms with Crippen molar-refractivity contribution < 1.29 is 23.9 Å². The number of benzene rings is 2. The number of rotatable bonds is 2. The molecule has 2 aromatic rings. The molecule has 1 spiro atoms. The molecule has 0 radical (unpaired) electrons. The highest BCUT2D eigenvalue weighted by Gasteiger charge is 2.63. The molecule has 4 heterocycles. The van der Waals surface area contributed by atoms with E-state index in [1.165, 1.54) is 14.1 Å². The van der Waals surface area contributed by atoms with Crippen LogP contribution in [0.1, 0.15) is 11.1 Å². The second-order valence-corrected chi connectivity index (χ2v) is 9.42. The average molecular weight is 463 g/mol. The highest BCUT2D eigenvalue weighted by atomic mass is 16.7. The number of hydrogen-bond acceptors (Lipinski definition) is 7. The summed E-state index contributed by atoms with van der Waals surface area (Å²) in [6.45, 7) is 2.87. The Kier molecular flexibility index (Phi) is 4.60. The number of anilines is 1. The van der Waals surface area contributed by atoms with Crippen LogP contribution in [0.2, 0.25) is 0 Å². The number of hydrogen-bond donors (Lipinski definition) is 0. The number of nitrogens with zero attached hydrogens (tertiary/aromatic N) is 4. The first kappa shape index (κ1) is 21.0. The van der Waals surface area contributed by atoms with E-state index in [0.717, 1.165) is 44.7 Å². The van der Waals surface area contributed by atoms with E-state index in [1.807, 2.05) is 36.4 Å². The Hall–Kier alpha value is -3.59. The molecule has 2 saturated heterocycles. The third kappa shape index (κ3) is 2.86. The number of fused-ring (bicyclic) bond motifs is 5. The zero-order valence-corrected chi connectivity index (χ0v) is 19.2. The summed E-state index contributed by atoms with van der Waals surface area (Å²) in [5.41, 5.74) is 1.75. The molecule has 6 rings (SSSR count). The van der Waals surface area contributed by atoms with E-state index >= 15 is 0 Å². The van der Waals surface area contributed by atoms with E-state index in [1.54, 1.807) is 0 Å². The van der Waals surface area contributed by atoms with Crippen molar-refractivity contribution in [1.29, 1.82) is 0 Å². The molecule has 0 aromatic heterocycles. The molecule has 0 saturated carbocycles. The third-order valence-corrected chi connectivity index (χ3v) is 7.59. The molecule has 34 heavy (non-hydrogen) atoms. The number of barbiturate groups is 1. The van der Waals surface area contributed by atoms with Crippen LogP contribution in [0.3, 0.4) is 0 Å². The maximum absolute atomic E-state index is 13.7. The zero-order chi connectivity index (χ0) is 23.6. The van der Waals surface area contributed by atoms with Crippen LogP contribution in [0, 0.1) is 5.41 Å². The van der Waals surface area contributed by atoms with Crippen LogP contribution in [0.5, 0.6) is 11.5 Å². The van der Waals surface area contributed by atoms with Gasteiger partial charge in [0.1, 0.15) is 0 Å². The molecule has 4 aliphatic heterocycles. The van der Waals surface area contributed by atoms with E-state index in [9.17, 15) is 14.4 Å². The van der Waals surface area contributed by atoms with Gasteiger partial charge in [-0.3, -0.25) is 24.3 Å². The zero-order valence-electron chi connectivity index (χ0n) is 19.2. The lowest BCUT2D eigenvalue weighted by Gasteiger charge is -2.56. The number of piperazine rings is 1. The highest BCUT2D eigenvalue weighted by molar-refractivity contribution is 6.20. The predicted octanol–water partition coefficient (Wildman–Crippen LogP) is 1.70. The van der Waals surface area contributed by atoms with E-state index < -0.39 is 23.3 Å². The Morgan fingerprint density at radius 1 is 0.941 bits per heavy atom. The molecule has 0 aliphatic carbocycles. The van der Waals surface area contributed by atoms with E-state index in [4.69, 9.17) is 9.47 Å². The lowest BCUT2D eigenvalue weighted by atomic mass is 9.67. The first-order chi connectivity index (χ1) is 16.4. The van der Waals surface area contributed by atoms with Crippen LogP contribution >= 0.6 is 0 Å². The van der Waals surface area contributed by atoms with Gasteiger partial charge in [0, 0.05) is 46.0 Å². The number of ether oxygens (including phenoxy) is 2. The largest absolute Gasteiger partial charge is 0.454 e. The van der Waals surface area contributed by atoms with Crippen LogP contribution in [-0.4, -0.2) is 79.1 Å². The molecule has 0 bridgehead atoms. The second-order valence-electron chi connectivity index (χ2n) is 9.42. The smallest absolute Gasteiger partial charge is 0.332 e. The maximum atomic E-state index is 13.7. The molecule has 2 aromatic carbocycles. The van der Waals surface area contributed by atoms with Gasteiger partial charge in [-0.1, -0.05) is 24.3 Å². The molecule has 0 N–H and O–H groups in total. The summed E-state index contributed by atoms with van der Waals surface area (Å²) in [6.07, 6.45) is 0.280. The van der Waals surface area contributed by atoms with Crippen LogP contribution in [-0.2, 0) is 22.6 Å². The predicted molar refractivity (Wildman–Crippen MR) is 122 cm³/mol. The lowest BCUT2D eigenvalue weighted by Crippen LogP contribution is -2.74. The number of urea groups is 1. The van der Waals surface area contributed by atoms with Gasteiger partial charge in [-0.15, -0.1) is 0 Å². The summed E-state index contributed by atoms with van der Waals surface area (Å²) < 4.78 is 10.9. The fraction of sp³-hybridized carbons (Fsp3) is 0.400. The van der Waals surface area contributed by atoms with Crippen LogP contribution in [0.15, 0.2) is 42.5 Å². The molecule has 2 fully saturated rings. The third-order valence-electron chi connectivity index (χ3n) is 7.59. The first-order valence-electron chi connectivity index (χ1n) is 11.5.